The van der Waals surface area contributed by atoms with Crippen LogP contribution in [-0.4, -0.2) is 50.6 Å². The largest absolute Gasteiger partial charge is 0.466 e. The summed E-state index contributed by atoms with van der Waals surface area (Å²) in [6.07, 6.45) is 1.50. The van der Waals surface area contributed by atoms with Gasteiger partial charge in [-0.1, -0.05) is 0 Å². The van der Waals surface area contributed by atoms with Gasteiger partial charge in [0.05, 0.1) is 49.8 Å². The number of hydrogen-bond acceptors (Lipinski definition) is 6. The second-order valence-corrected chi connectivity index (χ2v) is 5.73. The highest BCUT2D eigenvalue weighted by Crippen LogP contribution is 2.58. The molecule has 0 aromatic rings. The lowest BCUT2D eigenvalue weighted by atomic mass is 9.69. The van der Waals surface area contributed by atoms with Gasteiger partial charge in [-0.3, -0.25) is 0 Å². The maximum atomic E-state index is 12.0. The molecular formula is C14H16O6. The van der Waals surface area contributed by atoms with E-state index in [2.05, 4.69) is 0 Å². The van der Waals surface area contributed by atoms with Gasteiger partial charge in [-0.2, -0.15) is 0 Å². The number of carbonyl (C=O) groups is 2. The Morgan fingerprint density at radius 2 is 1.35 bits per heavy atom. The first-order valence-electron chi connectivity index (χ1n) is 6.89. The topological polar surface area (TPSA) is 71.1 Å². The molecule has 0 spiro atoms. The minimum atomic E-state index is -0.501. The summed E-state index contributed by atoms with van der Waals surface area (Å²) in [5, 5.41) is 0. The summed E-state index contributed by atoms with van der Waals surface area (Å²) in [5.74, 6) is -0.666. The fraction of sp³-hybridized carbons (Fsp3) is 0.714. The van der Waals surface area contributed by atoms with Gasteiger partial charge in [0.2, 0.25) is 0 Å². The highest BCUT2D eigenvalue weighted by atomic mass is 16.6. The van der Waals surface area contributed by atoms with Crippen LogP contribution < -0.4 is 0 Å². The molecule has 108 valence electrons. The summed E-state index contributed by atoms with van der Waals surface area (Å²) in [7, 11) is 2.62. The maximum Gasteiger partial charge on any atom is 0.337 e. The molecule has 0 amide bonds. The van der Waals surface area contributed by atoms with Crippen LogP contribution in [0.4, 0.5) is 0 Å². The molecule has 0 unspecified atom stereocenters. The van der Waals surface area contributed by atoms with E-state index < -0.39 is 11.9 Å². The molecule has 3 fully saturated rings. The van der Waals surface area contributed by atoms with Crippen LogP contribution in [0.1, 0.15) is 12.8 Å². The second-order valence-electron chi connectivity index (χ2n) is 5.73. The number of esters is 2. The lowest BCUT2D eigenvalue weighted by Crippen LogP contribution is -2.40. The Labute approximate surface area is 116 Å². The van der Waals surface area contributed by atoms with E-state index >= 15 is 0 Å². The highest BCUT2D eigenvalue weighted by Gasteiger charge is 2.67. The number of carbonyl (C=O) groups excluding carboxylic acids is 2. The van der Waals surface area contributed by atoms with Gasteiger partial charge in [-0.15, -0.1) is 0 Å². The zero-order valence-electron chi connectivity index (χ0n) is 11.3. The van der Waals surface area contributed by atoms with Crippen molar-refractivity contribution >= 4 is 11.9 Å². The molecular weight excluding hydrogens is 264 g/mol. The minimum absolute atomic E-state index is 0.138. The Hall–Kier alpha value is -1.40. The number of rotatable bonds is 2. The van der Waals surface area contributed by atoms with E-state index in [0.29, 0.717) is 11.1 Å². The molecule has 6 atom stereocenters. The zero-order chi connectivity index (χ0) is 14.0. The lowest BCUT2D eigenvalue weighted by molar-refractivity contribution is -0.139. The molecule has 0 N–H and O–H groups in total. The van der Waals surface area contributed by atoms with Crippen molar-refractivity contribution in [1.29, 1.82) is 0 Å². The number of methoxy groups -OCH3 is 2. The normalized spacial score (nSPS) is 43.9. The average Bonchev–Trinajstić information content (AvgIpc) is 3.20. The molecule has 4 rings (SSSR count). The van der Waals surface area contributed by atoms with E-state index in [0.717, 1.165) is 12.8 Å². The molecule has 0 aliphatic carbocycles. The van der Waals surface area contributed by atoms with Crippen LogP contribution in [0.15, 0.2) is 11.1 Å². The Balaban J connectivity index is 1.79. The molecule has 3 saturated heterocycles. The summed E-state index contributed by atoms with van der Waals surface area (Å²) in [6.45, 7) is 0. The quantitative estimate of drug-likeness (QED) is 0.673. The molecule has 4 aliphatic rings. The number of ether oxygens (including phenoxy) is 4. The van der Waals surface area contributed by atoms with E-state index in [1.54, 1.807) is 0 Å². The SMILES string of the molecule is COC(=O)C1=C(C(=O)OC)[C@@H]2O[C@H]1[C@@H]1[C@@H]2[C@@H]2CC[C@@H]1O2. The molecule has 20 heavy (non-hydrogen) atoms. The number of fused-ring (bicyclic) bond motifs is 9. The van der Waals surface area contributed by atoms with Crippen molar-refractivity contribution in [3.63, 3.8) is 0 Å². The first-order valence-corrected chi connectivity index (χ1v) is 6.89. The van der Waals surface area contributed by atoms with Gasteiger partial charge < -0.3 is 18.9 Å². The van der Waals surface area contributed by atoms with Crippen molar-refractivity contribution in [2.75, 3.05) is 14.2 Å². The Morgan fingerprint density at radius 3 is 1.75 bits per heavy atom. The third-order valence-electron chi connectivity index (χ3n) is 5.05. The number of hydrogen-bond donors (Lipinski definition) is 0. The Morgan fingerprint density at radius 1 is 0.900 bits per heavy atom. The van der Waals surface area contributed by atoms with Gasteiger partial charge in [0.15, 0.2) is 0 Å². The first-order chi connectivity index (χ1) is 9.67. The molecule has 0 radical (unpaired) electrons. The van der Waals surface area contributed by atoms with Gasteiger partial charge in [0.1, 0.15) is 0 Å². The van der Waals surface area contributed by atoms with Gasteiger partial charge in [0.25, 0.3) is 0 Å². The van der Waals surface area contributed by atoms with Crippen LogP contribution in [-0.2, 0) is 28.5 Å². The molecule has 0 aromatic carbocycles. The maximum absolute atomic E-state index is 12.0. The lowest BCUT2D eigenvalue weighted by Gasteiger charge is -2.29. The van der Waals surface area contributed by atoms with Crippen LogP contribution in [0.25, 0.3) is 0 Å². The van der Waals surface area contributed by atoms with Crippen molar-refractivity contribution in [2.24, 2.45) is 11.8 Å². The summed E-state index contributed by atoms with van der Waals surface area (Å²) >= 11 is 0. The zero-order valence-corrected chi connectivity index (χ0v) is 11.3. The van der Waals surface area contributed by atoms with Crippen LogP contribution >= 0.6 is 0 Å². The highest BCUT2D eigenvalue weighted by molar-refractivity contribution is 6.03. The first kappa shape index (κ1) is 12.3. The van der Waals surface area contributed by atoms with Crippen molar-refractivity contribution in [3.05, 3.63) is 11.1 Å². The predicted octanol–water partition coefficient (Wildman–Crippen LogP) is 0.204. The van der Waals surface area contributed by atoms with E-state index in [1.165, 1.54) is 14.2 Å². The van der Waals surface area contributed by atoms with E-state index in [9.17, 15) is 9.59 Å². The molecule has 4 bridgehead atoms. The third-order valence-corrected chi connectivity index (χ3v) is 5.05. The van der Waals surface area contributed by atoms with E-state index in [1.807, 2.05) is 0 Å². The summed E-state index contributed by atoms with van der Waals surface area (Å²) in [4.78, 5) is 24.0. The van der Waals surface area contributed by atoms with Crippen LogP contribution in [0.3, 0.4) is 0 Å². The molecule has 6 nitrogen and oxygen atoms in total. The van der Waals surface area contributed by atoms with Gasteiger partial charge in [-0.25, -0.2) is 9.59 Å². The molecule has 0 saturated carbocycles. The van der Waals surface area contributed by atoms with Crippen molar-refractivity contribution in [3.8, 4) is 0 Å². The fourth-order valence-corrected chi connectivity index (χ4v) is 4.38. The van der Waals surface area contributed by atoms with E-state index in [4.69, 9.17) is 18.9 Å². The fourth-order valence-electron chi connectivity index (χ4n) is 4.38. The molecule has 4 heterocycles. The molecule has 6 heteroatoms. The van der Waals surface area contributed by atoms with Gasteiger partial charge in [-0.05, 0) is 12.8 Å². The predicted molar refractivity (Wildman–Crippen MR) is 64.6 cm³/mol. The Kier molecular flexibility index (Phi) is 2.50. The van der Waals surface area contributed by atoms with Gasteiger partial charge in [0, 0.05) is 11.8 Å². The summed E-state index contributed by atoms with van der Waals surface area (Å²) < 4.78 is 21.5. The Bertz CT molecular complexity index is 480. The van der Waals surface area contributed by atoms with E-state index in [-0.39, 0.29) is 36.3 Å². The molecule has 0 aromatic heterocycles. The molecule has 4 aliphatic heterocycles. The van der Waals surface area contributed by atoms with Crippen LogP contribution in [0, 0.1) is 11.8 Å². The summed E-state index contributed by atoms with van der Waals surface area (Å²) in [6, 6.07) is 0. The standard InChI is InChI=1S/C14H16O6/c1-17-13(15)9-10(14(16)18-2)12-8-6-4-3-5(19-6)7(8)11(9)20-12/h5-8,11-12H,3-4H2,1-2H3/t5-,6-,7-,8-,11-,12+/m0/s1. The van der Waals surface area contributed by atoms with Crippen LogP contribution in [0.2, 0.25) is 0 Å². The smallest absolute Gasteiger partial charge is 0.337 e. The minimum Gasteiger partial charge on any atom is -0.466 e. The monoisotopic (exact) mass is 280 g/mol. The van der Waals surface area contributed by atoms with Gasteiger partial charge >= 0.3 is 11.9 Å². The average molecular weight is 280 g/mol. The van der Waals surface area contributed by atoms with Crippen molar-refractivity contribution < 1.29 is 28.5 Å². The van der Waals surface area contributed by atoms with Crippen molar-refractivity contribution in [2.45, 2.75) is 37.3 Å². The second kappa shape index (κ2) is 4.05. The van der Waals surface area contributed by atoms with Crippen LogP contribution in [0.5, 0.6) is 0 Å². The summed E-state index contributed by atoms with van der Waals surface area (Å²) in [5.41, 5.74) is 0.670. The third kappa shape index (κ3) is 1.31. The van der Waals surface area contributed by atoms with Crippen molar-refractivity contribution in [1.82, 2.24) is 0 Å².